The van der Waals surface area contributed by atoms with Crippen molar-refractivity contribution in [3.63, 3.8) is 0 Å². The van der Waals surface area contributed by atoms with Gasteiger partial charge in [0.15, 0.2) is 11.5 Å². The van der Waals surface area contributed by atoms with Gasteiger partial charge in [-0.1, -0.05) is 13.3 Å². The number of hydrogen-bond acceptors (Lipinski definition) is 7. The van der Waals surface area contributed by atoms with Crippen LogP contribution >= 0.6 is 0 Å². The molecule has 8 nitrogen and oxygen atoms in total. The maximum Gasteiger partial charge on any atom is 0.243 e. The molecule has 1 heterocycles. The second-order valence-corrected chi connectivity index (χ2v) is 9.39. The summed E-state index contributed by atoms with van der Waals surface area (Å²) in [5.74, 6) is 2.35. The first-order chi connectivity index (χ1) is 15.4. The summed E-state index contributed by atoms with van der Waals surface area (Å²) < 4.78 is 49.6. The summed E-state index contributed by atoms with van der Waals surface area (Å²) >= 11 is 0. The number of unbranched alkanes of at least 4 members (excludes halogenated alkanes) is 1. The molecule has 1 saturated heterocycles. The largest absolute Gasteiger partial charge is 0.494 e. The molecule has 176 valence electrons. The van der Waals surface area contributed by atoms with Gasteiger partial charge in [0.2, 0.25) is 15.8 Å². The molecule has 32 heavy (non-hydrogen) atoms. The van der Waals surface area contributed by atoms with Crippen LogP contribution in [0.15, 0.2) is 41.3 Å². The monoisotopic (exact) mass is 464 g/mol. The molecule has 0 atom stereocenters. The quantitative estimate of drug-likeness (QED) is 0.499. The smallest absolute Gasteiger partial charge is 0.243 e. The second-order valence-electron chi connectivity index (χ2n) is 7.45. The van der Waals surface area contributed by atoms with E-state index in [1.165, 1.54) is 4.31 Å². The fraction of sp³-hybridized carbons (Fsp3) is 0.478. The number of sulfonamides is 1. The van der Waals surface area contributed by atoms with Crippen LogP contribution in [0.25, 0.3) is 0 Å². The number of rotatable bonds is 10. The molecule has 0 aliphatic carbocycles. The summed E-state index contributed by atoms with van der Waals surface area (Å²) in [4.78, 5) is 2.39. The van der Waals surface area contributed by atoms with E-state index in [9.17, 15) is 8.42 Å². The first-order valence-electron chi connectivity index (χ1n) is 10.7. The number of methoxy groups -OCH3 is 3. The highest BCUT2D eigenvalue weighted by molar-refractivity contribution is 7.89. The Morgan fingerprint density at radius 3 is 1.97 bits per heavy atom. The van der Waals surface area contributed by atoms with Crippen molar-refractivity contribution in [1.82, 2.24) is 4.31 Å². The lowest BCUT2D eigenvalue weighted by Gasteiger charge is -2.35. The average molecular weight is 465 g/mol. The van der Waals surface area contributed by atoms with E-state index >= 15 is 0 Å². The summed E-state index contributed by atoms with van der Waals surface area (Å²) in [7, 11) is 1.15. The Hall–Kier alpha value is -2.65. The van der Waals surface area contributed by atoms with E-state index < -0.39 is 10.0 Å². The maximum atomic E-state index is 13.1. The van der Waals surface area contributed by atoms with Crippen LogP contribution in [0.5, 0.6) is 23.0 Å². The zero-order valence-corrected chi connectivity index (χ0v) is 20.0. The van der Waals surface area contributed by atoms with Gasteiger partial charge in [-0.2, -0.15) is 4.31 Å². The number of ether oxygens (including phenoxy) is 4. The molecule has 1 aliphatic heterocycles. The van der Waals surface area contributed by atoms with Gasteiger partial charge in [-0.25, -0.2) is 8.42 Å². The van der Waals surface area contributed by atoms with Gasteiger partial charge < -0.3 is 23.8 Å². The van der Waals surface area contributed by atoms with Gasteiger partial charge in [0.05, 0.1) is 32.8 Å². The van der Waals surface area contributed by atoms with Crippen molar-refractivity contribution in [1.29, 1.82) is 0 Å². The summed E-state index contributed by atoms with van der Waals surface area (Å²) in [6.45, 7) is 4.60. The summed E-state index contributed by atoms with van der Waals surface area (Å²) in [6.07, 6.45) is 2.02. The Labute approximate surface area is 190 Å². The second kappa shape index (κ2) is 10.8. The van der Waals surface area contributed by atoms with Crippen LogP contribution in [0.1, 0.15) is 19.8 Å². The Morgan fingerprint density at radius 1 is 0.875 bits per heavy atom. The van der Waals surface area contributed by atoms with Gasteiger partial charge in [-0.15, -0.1) is 0 Å². The Morgan fingerprint density at radius 2 is 1.47 bits per heavy atom. The third-order valence-corrected chi connectivity index (χ3v) is 7.39. The minimum atomic E-state index is -3.56. The molecular formula is C23H32N2O6S. The van der Waals surface area contributed by atoms with Crippen LogP contribution in [-0.4, -0.2) is 66.8 Å². The van der Waals surface area contributed by atoms with E-state index in [1.54, 1.807) is 45.6 Å². The van der Waals surface area contributed by atoms with Gasteiger partial charge in [0, 0.05) is 44.0 Å². The number of hydrogen-bond donors (Lipinski definition) is 0. The Kier molecular flexibility index (Phi) is 8.09. The predicted octanol–water partition coefficient (Wildman–Crippen LogP) is 3.40. The lowest BCUT2D eigenvalue weighted by Crippen LogP contribution is -2.48. The van der Waals surface area contributed by atoms with Gasteiger partial charge in [0.25, 0.3) is 0 Å². The number of nitrogens with zero attached hydrogens (tertiary/aromatic N) is 2. The minimum Gasteiger partial charge on any atom is -0.494 e. The van der Waals surface area contributed by atoms with Crippen LogP contribution in [-0.2, 0) is 10.0 Å². The molecule has 2 aromatic rings. The highest BCUT2D eigenvalue weighted by atomic mass is 32.2. The first kappa shape index (κ1) is 24.0. The zero-order chi connectivity index (χ0) is 23.1. The molecular weight excluding hydrogens is 432 g/mol. The third-order valence-electron chi connectivity index (χ3n) is 5.48. The molecule has 0 spiro atoms. The third kappa shape index (κ3) is 5.21. The zero-order valence-electron chi connectivity index (χ0n) is 19.2. The van der Waals surface area contributed by atoms with Crippen molar-refractivity contribution in [2.24, 2.45) is 0 Å². The molecule has 9 heteroatoms. The number of anilines is 1. The van der Waals surface area contributed by atoms with Crippen LogP contribution in [0.4, 0.5) is 5.69 Å². The average Bonchev–Trinajstić information content (AvgIpc) is 2.83. The summed E-state index contributed by atoms with van der Waals surface area (Å²) in [5.41, 5.74) is 0.894. The summed E-state index contributed by atoms with van der Waals surface area (Å²) in [6, 6.07) is 10.4. The molecule has 3 rings (SSSR count). The highest BCUT2D eigenvalue weighted by Gasteiger charge is 2.29. The van der Waals surface area contributed by atoms with Gasteiger partial charge in [0.1, 0.15) is 5.75 Å². The van der Waals surface area contributed by atoms with E-state index in [2.05, 4.69) is 11.8 Å². The van der Waals surface area contributed by atoms with E-state index in [4.69, 9.17) is 18.9 Å². The Bertz CT molecular complexity index is 961. The fourth-order valence-electron chi connectivity index (χ4n) is 3.63. The molecule has 0 unspecified atom stereocenters. The van der Waals surface area contributed by atoms with Crippen molar-refractivity contribution in [2.45, 2.75) is 24.7 Å². The molecule has 0 radical (unpaired) electrons. The molecule has 0 N–H and O–H groups in total. The van der Waals surface area contributed by atoms with Gasteiger partial charge >= 0.3 is 0 Å². The van der Waals surface area contributed by atoms with Crippen molar-refractivity contribution in [3.05, 3.63) is 36.4 Å². The minimum absolute atomic E-state index is 0.279. The number of benzene rings is 2. The highest BCUT2D eigenvalue weighted by Crippen LogP contribution is 2.41. The molecule has 1 aliphatic rings. The van der Waals surface area contributed by atoms with Gasteiger partial charge in [-0.3, -0.25) is 0 Å². The first-order valence-corrected chi connectivity index (χ1v) is 12.2. The standard InChI is InChI=1S/C23H32N2O6S/c1-5-6-15-31-19-7-9-20(10-8-19)32(26,27)25-13-11-24(12-14-25)18-16-21(28-2)23(30-4)22(17-18)29-3/h7-10,16-17H,5-6,11-15H2,1-4H3. The van der Waals surface area contributed by atoms with Gasteiger partial charge in [-0.05, 0) is 30.7 Å². The molecule has 0 saturated carbocycles. The van der Waals surface area contributed by atoms with Crippen molar-refractivity contribution in [3.8, 4) is 23.0 Å². The van der Waals surface area contributed by atoms with Crippen LogP contribution in [0, 0.1) is 0 Å². The molecule has 2 aromatic carbocycles. The van der Waals surface area contributed by atoms with Crippen molar-refractivity contribution >= 4 is 15.7 Å². The van der Waals surface area contributed by atoms with Crippen LogP contribution < -0.4 is 23.8 Å². The lowest BCUT2D eigenvalue weighted by atomic mass is 10.2. The number of piperazine rings is 1. The topological polar surface area (TPSA) is 77.5 Å². The predicted molar refractivity (Wildman–Crippen MR) is 124 cm³/mol. The molecule has 1 fully saturated rings. The van der Waals surface area contributed by atoms with E-state index in [-0.39, 0.29) is 4.90 Å². The molecule has 0 amide bonds. The van der Waals surface area contributed by atoms with E-state index in [0.717, 1.165) is 18.5 Å². The van der Waals surface area contributed by atoms with Crippen molar-refractivity contribution in [2.75, 3.05) is 59.0 Å². The van der Waals surface area contributed by atoms with Crippen molar-refractivity contribution < 1.29 is 27.4 Å². The van der Waals surface area contributed by atoms with Crippen LogP contribution in [0.2, 0.25) is 0 Å². The summed E-state index contributed by atoms with van der Waals surface area (Å²) in [5, 5.41) is 0. The van der Waals surface area contributed by atoms with Crippen LogP contribution in [0.3, 0.4) is 0 Å². The fourth-order valence-corrected chi connectivity index (χ4v) is 5.05. The maximum absolute atomic E-state index is 13.1. The van der Waals surface area contributed by atoms with E-state index in [0.29, 0.717) is 55.8 Å². The lowest BCUT2D eigenvalue weighted by molar-refractivity contribution is 0.309. The van der Waals surface area contributed by atoms with E-state index in [1.807, 2.05) is 12.1 Å². The molecule has 0 aromatic heterocycles. The normalized spacial score (nSPS) is 14.8. The Balaban J connectivity index is 1.68. The molecule has 0 bridgehead atoms. The SMILES string of the molecule is CCCCOc1ccc(S(=O)(=O)N2CCN(c3cc(OC)c(OC)c(OC)c3)CC2)cc1.